The number of aromatic nitrogens is 4. The van der Waals surface area contributed by atoms with Gasteiger partial charge in [0.1, 0.15) is 6.73 Å². The van der Waals surface area contributed by atoms with Gasteiger partial charge in [0.15, 0.2) is 0 Å². The molecule has 0 amide bonds. The third kappa shape index (κ3) is 4.58. The van der Waals surface area contributed by atoms with Gasteiger partial charge in [-0.15, -0.1) is 0 Å². The highest BCUT2D eigenvalue weighted by molar-refractivity contribution is 6.76. The number of nitrogens with zero attached hydrogens (tertiary/aromatic N) is 4. The Balaban J connectivity index is 1.78. The quantitative estimate of drug-likeness (QED) is 0.331. The lowest BCUT2D eigenvalue weighted by atomic mass is 10.1. The molecule has 0 aliphatic carbocycles. The van der Waals surface area contributed by atoms with Crippen LogP contribution < -0.4 is 0 Å². The van der Waals surface area contributed by atoms with Gasteiger partial charge in [-0.25, -0.2) is 15.0 Å². The van der Waals surface area contributed by atoms with Gasteiger partial charge in [-0.05, 0) is 29.8 Å². The summed E-state index contributed by atoms with van der Waals surface area (Å²) in [7, 11) is -1.07. The van der Waals surface area contributed by atoms with Crippen LogP contribution in [0, 0.1) is 0 Å². The topological polar surface area (TPSA) is 52.8 Å². The standard InChI is InChI=1S/C17H20Cl2N4OSi/c1-25(2,3)7-6-24-11-23-10-21-14-8-12(4-5-15(14)23)16-13(18)9-20-17(19)22-16/h4-5,8-10H,6-7,11H2,1-3H3. The normalized spacial score (nSPS) is 12.0. The second-order valence-corrected chi connectivity index (χ2v) is 13.5. The Hall–Kier alpha value is -1.47. The molecule has 0 N–H and O–H groups in total. The van der Waals surface area contributed by atoms with Crippen LogP contribution in [-0.4, -0.2) is 34.2 Å². The molecule has 132 valence electrons. The maximum Gasteiger partial charge on any atom is 0.222 e. The Labute approximate surface area is 158 Å². The van der Waals surface area contributed by atoms with E-state index in [2.05, 4.69) is 34.6 Å². The number of hydrogen-bond acceptors (Lipinski definition) is 4. The van der Waals surface area contributed by atoms with Crippen LogP contribution in [0.2, 0.25) is 36.0 Å². The fourth-order valence-corrected chi connectivity index (χ4v) is 3.49. The van der Waals surface area contributed by atoms with E-state index in [1.165, 1.54) is 6.20 Å². The van der Waals surface area contributed by atoms with Crippen molar-refractivity contribution < 1.29 is 4.74 Å². The second-order valence-electron chi connectivity index (χ2n) is 7.10. The van der Waals surface area contributed by atoms with Crippen molar-refractivity contribution >= 4 is 42.3 Å². The van der Waals surface area contributed by atoms with Crippen LogP contribution in [0.15, 0.2) is 30.7 Å². The molecule has 3 rings (SSSR count). The van der Waals surface area contributed by atoms with E-state index in [9.17, 15) is 0 Å². The Morgan fingerprint density at radius 3 is 2.72 bits per heavy atom. The van der Waals surface area contributed by atoms with Crippen molar-refractivity contribution in [3.05, 3.63) is 41.0 Å². The number of rotatable bonds is 6. The molecule has 0 spiro atoms. The van der Waals surface area contributed by atoms with Crippen molar-refractivity contribution in [3.8, 4) is 11.3 Å². The number of halogens is 2. The van der Waals surface area contributed by atoms with Crippen molar-refractivity contribution in [3.63, 3.8) is 0 Å². The predicted molar refractivity (Wildman–Crippen MR) is 105 cm³/mol. The van der Waals surface area contributed by atoms with E-state index in [0.29, 0.717) is 17.4 Å². The van der Waals surface area contributed by atoms with Gasteiger partial charge in [0.25, 0.3) is 0 Å². The number of imidazole rings is 1. The molecule has 3 aromatic rings. The van der Waals surface area contributed by atoms with Gasteiger partial charge < -0.3 is 9.30 Å². The van der Waals surface area contributed by atoms with E-state index in [1.54, 1.807) is 6.33 Å². The first-order valence-corrected chi connectivity index (χ1v) is 12.5. The van der Waals surface area contributed by atoms with E-state index < -0.39 is 8.07 Å². The smallest absolute Gasteiger partial charge is 0.222 e. The summed E-state index contributed by atoms with van der Waals surface area (Å²) in [6, 6.07) is 7.04. The molecule has 0 aliphatic rings. The number of hydrogen-bond donors (Lipinski definition) is 0. The van der Waals surface area contributed by atoms with Crippen molar-refractivity contribution in [1.82, 2.24) is 19.5 Å². The molecule has 0 bridgehead atoms. The molecular weight excluding hydrogens is 375 g/mol. The van der Waals surface area contributed by atoms with E-state index in [-0.39, 0.29) is 5.28 Å². The molecule has 0 radical (unpaired) electrons. The summed E-state index contributed by atoms with van der Waals surface area (Å²) in [6.45, 7) is 8.31. The molecule has 25 heavy (non-hydrogen) atoms. The first-order valence-electron chi connectivity index (χ1n) is 8.04. The summed E-state index contributed by atoms with van der Waals surface area (Å²) in [5.41, 5.74) is 3.32. The Morgan fingerprint density at radius 2 is 1.96 bits per heavy atom. The van der Waals surface area contributed by atoms with Crippen LogP contribution in [0.25, 0.3) is 22.3 Å². The highest BCUT2D eigenvalue weighted by Crippen LogP contribution is 2.28. The van der Waals surface area contributed by atoms with Gasteiger partial charge in [0.05, 0.1) is 34.3 Å². The van der Waals surface area contributed by atoms with E-state index in [1.807, 2.05) is 22.8 Å². The van der Waals surface area contributed by atoms with Crippen molar-refractivity contribution in [2.45, 2.75) is 32.4 Å². The van der Waals surface area contributed by atoms with Crippen molar-refractivity contribution in [2.75, 3.05) is 6.61 Å². The fourth-order valence-electron chi connectivity index (χ4n) is 2.40. The second kappa shape index (κ2) is 7.41. The molecule has 2 aromatic heterocycles. The van der Waals surface area contributed by atoms with Crippen LogP contribution in [0.3, 0.4) is 0 Å². The van der Waals surface area contributed by atoms with Crippen molar-refractivity contribution in [1.29, 1.82) is 0 Å². The van der Waals surface area contributed by atoms with E-state index in [0.717, 1.165) is 29.2 Å². The first kappa shape index (κ1) is 18.3. The van der Waals surface area contributed by atoms with Gasteiger partial charge in [0, 0.05) is 20.2 Å². The number of benzene rings is 1. The highest BCUT2D eigenvalue weighted by Gasteiger charge is 2.13. The minimum atomic E-state index is -1.07. The average Bonchev–Trinajstić information content (AvgIpc) is 2.95. The maximum absolute atomic E-state index is 6.18. The Morgan fingerprint density at radius 1 is 1.16 bits per heavy atom. The third-order valence-electron chi connectivity index (χ3n) is 3.84. The van der Waals surface area contributed by atoms with Gasteiger partial charge in [-0.2, -0.15) is 0 Å². The molecule has 2 heterocycles. The van der Waals surface area contributed by atoms with Crippen LogP contribution >= 0.6 is 23.2 Å². The lowest BCUT2D eigenvalue weighted by Crippen LogP contribution is -2.21. The average molecular weight is 395 g/mol. The summed E-state index contributed by atoms with van der Waals surface area (Å²) < 4.78 is 7.81. The van der Waals surface area contributed by atoms with Crippen LogP contribution in [0.5, 0.6) is 0 Å². The Bertz CT molecular complexity index is 892. The van der Waals surface area contributed by atoms with Crippen LogP contribution in [0.1, 0.15) is 0 Å². The van der Waals surface area contributed by atoms with Crippen LogP contribution in [0.4, 0.5) is 0 Å². The lowest BCUT2D eigenvalue weighted by Gasteiger charge is -2.15. The summed E-state index contributed by atoms with van der Waals surface area (Å²) >= 11 is 12.1. The molecule has 0 fully saturated rings. The molecule has 0 atom stereocenters. The molecule has 0 unspecified atom stereocenters. The predicted octanol–water partition coefficient (Wildman–Crippen LogP) is 5.11. The first-order chi connectivity index (χ1) is 11.8. The van der Waals surface area contributed by atoms with Crippen molar-refractivity contribution in [2.24, 2.45) is 0 Å². The number of ether oxygens (including phenoxy) is 1. The van der Waals surface area contributed by atoms with Gasteiger partial charge in [0.2, 0.25) is 5.28 Å². The van der Waals surface area contributed by atoms with E-state index in [4.69, 9.17) is 27.9 Å². The monoisotopic (exact) mass is 394 g/mol. The van der Waals surface area contributed by atoms with Gasteiger partial charge in [-0.3, -0.25) is 0 Å². The number of fused-ring (bicyclic) bond motifs is 1. The summed E-state index contributed by atoms with van der Waals surface area (Å²) in [6.07, 6.45) is 3.29. The highest BCUT2D eigenvalue weighted by atomic mass is 35.5. The van der Waals surface area contributed by atoms with Crippen LogP contribution in [-0.2, 0) is 11.5 Å². The summed E-state index contributed by atoms with van der Waals surface area (Å²) in [5.74, 6) is 0. The fraction of sp³-hybridized carbons (Fsp3) is 0.353. The maximum atomic E-state index is 6.18. The molecule has 0 aliphatic heterocycles. The Kier molecular flexibility index (Phi) is 5.43. The van der Waals surface area contributed by atoms with Gasteiger partial charge >= 0.3 is 0 Å². The lowest BCUT2D eigenvalue weighted by molar-refractivity contribution is 0.0898. The van der Waals surface area contributed by atoms with E-state index >= 15 is 0 Å². The molecule has 1 aromatic carbocycles. The van der Waals surface area contributed by atoms with Gasteiger partial charge in [-0.1, -0.05) is 37.3 Å². The minimum absolute atomic E-state index is 0.167. The zero-order valence-electron chi connectivity index (χ0n) is 14.5. The largest absolute Gasteiger partial charge is 0.361 e. The summed E-state index contributed by atoms with van der Waals surface area (Å²) in [5, 5.41) is 0.624. The summed E-state index contributed by atoms with van der Waals surface area (Å²) in [4.78, 5) is 12.5. The molecule has 0 saturated heterocycles. The third-order valence-corrected chi connectivity index (χ3v) is 6.00. The zero-order valence-corrected chi connectivity index (χ0v) is 17.0. The molecular formula is C17H20Cl2N4OSi. The SMILES string of the molecule is C[Si](C)(C)CCOCn1cnc2cc(-c3nc(Cl)ncc3Cl)ccc21. The zero-order chi connectivity index (χ0) is 18.0. The molecule has 8 heteroatoms. The molecule has 5 nitrogen and oxygen atoms in total. The molecule has 0 saturated carbocycles. The minimum Gasteiger partial charge on any atom is -0.361 e.